The number of ether oxygens (including phenoxy) is 1. The van der Waals surface area contributed by atoms with Gasteiger partial charge in [0.15, 0.2) is 0 Å². The molecule has 0 spiro atoms. The molecule has 1 heterocycles. The summed E-state index contributed by atoms with van der Waals surface area (Å²) in [5.74, 6) is -0.523. The van der Waals surface area contributed by atoms with E-state index in [1.807, 2.05) is 0 Å². The van der Waals surface area contributed by atoms with Crippen molar-refractivity contribution in [3.8, 4) is 5.75 Å². The number of halogens is 1. The highest BCUT2D eigenvalue weighted by Gasteiger charge is 2.33. The summed E-state index contributed by atoms with van der Waals surface area (Å²) in [5.41, 5.74) is 0. The molecule has 0 bridgehead atoms. The molecule has 0 unspecified atom stereocenters. The molecule has 6 heteroatoms. The van der Waals surface area contributed by atoms with Crippen LogP contribution in [0.15, 0.2) is 24.3 Å². The van der Waals surface area contributed by atoms with Crippen molar-refractivity contribution in [2.24, 2.45) is 0 Å². The van der Waals surface area contributed by atoms with Crippen molar-refractivity contribution in [1.29, 1.82) is 0 Å². The summed E-state index contributed by atoms with van der Waals surface area (Å²) in [6, 6.07) is 6.24. The molecule has 1 aliphatic rings. The number of aliphatic carboxylic acids is 1. The monoisotopic (exact) mass is 297 g/mol. The van der Waals surface area contributed by atoms with E-state index in [9.17, 15) is 9.59 Å². The molecular weight excluding hydrogens is 282 g/mol. The van der Waals surface area contributed by atoms with Crippen LogP contribution < -0.4 is 4.74 Å². The molecule has 1 aromatic rings. The molecule has 0 aromatic heterocycles. The zero-order chi connectivity index (χ0) is 14.5. The molecule has 1 amide bonds. The summed E-state index contributed by atoms with van der Waals surface area (Å²) < 4.78 is 5.43. The minimum atomic E-state index is -0.938. The van der Waals surface area contributed by atoms with Crippen LogP contribution in [0.4, 0.5) is 0 Å². The summed E-state index contributed by atoms with van der Waals surface area (Å²) in [6.07, 6.45) is 1.42. The first-order chi connectivity index (χ1) is 9.58. The molecule has 0 radical (unpaired) electrons. The fourth-order valence-corrected chi connectivity index (χ4v) is 2.46. The fraction of sp³-hybridized carbons (Fsp3) is 0.429. The van der Waals surface area contributed by atoms with Crippen LogP contribution in [-0.2, 0) is 9.59 Å². The highest BCUT2D eigenvalue weighted by Crippen LogP contribution is 2.20. The lowest BCUT2D eigenvalue weighted by Crippen LogP contribution is -2.40. The number of benzene rings is 1. The van der Waals surface area contributed by atoms with Crippen LogP contribution in [0.5, 0.6) is 5.75 Å². The maximum absolute atomic E-state index is 12.0. The largest absolute Gasteiger partial charge is 0.493 e. The lowest BCUT2D eigenvalue weighted by molar-refractivity contribution is -0.148. The second kappa shape index (κ2) is 6.61. The minimum Gasteiger partial charge on any atom is -0.493 e. The SMILES string of the molecule is O=C(O)[C@H]1CCCN1C(=O)CCOc1cccc(Cl)c1. The van der Waals surface area contributed by atoms with E-state index in [4.69, 9.17) is 21.4 Å². The number of likely N-dealkylation sites (tertiary alicyclic amines) is 1. The van der Waals surface area contributed by atoms with E-state index in [0.717, 1.165) is 6.42 Å². The Hall–Kier alpha value is -1.75. The molecule has 1 N–H and O–H groups in total. The van der Waals surface area contributed by atoms with Crippen molar-refractivity contribution in [3.05, 3.63) is 29.3 Å². The number of nitrogens with zero attached hydrogens (tertiary/aromatic N) is 1. The van der Waals surface area contributed by atoms with E-state index in [2.05, 4.69) is 0 Å². The van der Waals surface area contributed by atoms with Crippen molar-refractivity contribution in [3.63, 3.8) is 0 Å². The van der Waals surface area contributed by atoms with Gasteiger partial charge in [-0.05, 0) is 31.0 Å². The van der Waals surface area contributed by atoms with Crippen molar-refractivity contribution >= 4 is 23.5 Å². The summed E-state index contributed by atoms with van der Waals surface area (Å²) in [4.78, 5) is 24.4. The smallest absolute Gasteiger partial charge is 0.326 e. The zero-order valence-corrected chi connectivity index (χ0v) is 11.7. The van der Waals surface area contributed by atoms with Gasteiger partial charge in [0.2, 0.25) is 5.91 Å². The van der Waals surface area contributed by atoms with E-state index in [0.29, 0.717) is 23.7 Å². The number of rotatable bonds is 5. The van der Waals surface area contributed by atoms with Crippen LogP contribution in [0, 0.1) is 0 Å². The van der Waals surface area contributed by atoms with Crippen LogP contribution in [0.2, 0.25) is 5.02 Å². The van der Waals surface area contributed by atoms with Gasteiger partial charge in [0.1, 0.15) is 11.8 Å². The second-order valence-corrected chi connectivity index (χ2v) is 5.08. The number of carboxylic acids is 1. The quantitative estimate of drug-likeness (QED) is 0.904. The Morgan fingerprint density at radius 2 is 2.25 bits per heavy atom. The van der Waals surface area contributed by atoms with Gasteiger partial charge in [0, 0.05) is 11.6 Å². The van der Waals surface area contributed by atoms with Gasteiger partial charge in [-0.25, -0.2) is 4.79 Å². The van der Waals surface area contributed by atoms with Gasteiger partial charge in [0.05, 0.1) is 13.0 Å². The molecule has 5 nitrogen and oxygen atoms in total. The van der Waals surface area contributed by atoms with Crippen molar-refractivity contribution < 1.29 is 19.4 Å². The number of hydrogen-bond acceptors (Lipinski definition) is 3. The molecule has 0 saturated carbocycles. The average molecular weight is 298 g/mol. The van der Waals surface area contributed by atoms with Crippen LogP contribution in [0.3, 0.4) is 0 Å². The third-order valence-electron chi connectivity index (χ3n) is 3.24. The highest BCUT2D eigenvalue weighted by molar-refractivity contribution is 6.30. The number of hydrogen-bond donors (Lipinski definition) is 1. The Morgan fingerprint density at radius 1 is 1.45 bits per heavy atom. The first-order valence-electron chi connectivity index (χ1n) is 6.48. The number of amides is 1. The van der Waals surface area contributed by atoms with Crippen molar-refractivity contribution in [1.82, 2.24) is 4.90 Å². The Balaban J connectivity index is 1.82. The number of carboxylic acid groups (broad SMARTS) is 1. The molecule has 1 aromatic carbocycles. The van der Waals surface area contributed by atoms with Crippen LogP contribution in [0.1, 0.15) is 19.3 Å². The number of carbonyl (C=O) groups is 2. The zero-order valence-electron chi connectivity index (χ0n) is 10.9. The predicted molar refractivity (Wildman–Crippen MR) is 73.9 cm³/mol. The molecule has 0 aliphatic carbocycles. The topological polar surface area (TPSA) is 66.8 Å². The third kappa shape index (κ3) is 3.63. The lowest BCUT2D eigenvalue weighted by Gasteiger charge is -2.21. The minimum absolute atomic E-state index is 0.163. The van der Waals surface area contributed by atoms with E-state index in [1.165, 1.54) is 4.90 Å². The summed E-state index contributed by atoms with van der Waals surface area (Å²) >= 11 is 5.82. The average Bonchev–Trinajstić information content (AvgIpc) is 2.88. The lowest BCUT2D eigenvalue weighted by atomic mass is 10.2. The van der Waals surface area contributed by atoms with Crippen LogP contribution in [-0.4, -0.2) is 41.1 Å². The van der Waals surface area contributed by atoms with Gasteiger partial charge in [-0.2, -0.15) is 0 Å². The van der Waals surface area contributed by atoms with Crippen LogP contribution in [0.25, 0.3) is 0 Å². The maximum Gasteiger partial charge on any atom is 0.326 e. The van der Waals surface area contributed by atoms with Crippen LogP contribution >= 0.6 is 11.6 Å². The number of carbonyl (C=O) groups excluding carboxylic acids is 1. The van der Waals surface area contributed by atoms with Crippen molar-refractivity contribution in [2.45, 2.75) is 25.3 Å². The molecular formula is C14H16ClNO4. The van der Waals surface area contributed by atoms with E-state index < -0.39 is 12.0 Å². The first kappa shape index (κ1) is 14.7. The summed E-state index contributed by atoms with van der Waals surface area (Å²) in [5, 5.41) is 9.60. The molecule has 20 heavy (non-hydrogen) atoms. The summed E-state index contributed by atoms with van der Waals surface area (Å²) in [6.45, 7) is 0.717. The predicted octanol–water partition coefficient (Wildman–Crippen LogP) is 2.18. The van der Waals surface area contributed by atoms with E-state index in [1.54, 1.807) is 24.3 Å². The molecule has 1 atom stereocenters. The first-order valence-corrected chi connectivity index (χ1v) is 6.86. The Bertz CT molecular complexity index is 506. The maximum atomic E-state index is 12.0. The summed E-state index contributed by atoms with van der Waals surface area (Å²) in [7, 11) is 0. The Labute approximate surface area is 122 Å². The molecule has 1 saturated heterocycles. The molecule has 1 aliphatic heterocycles. The van der Waals surface area contributed by atoms with Gasteiger partial charge in [0.25, 0.3) is 0 Å². The second-order valence-electron chi connectivity index (χ2n) is 4.64. The van der Waals surface area contributed by atoms with E-state index >= 15 is 0 Å². The van der Waals surface area contributed by atoms with Gasteiger partial charge < -0.3 is 14.7 Å². The Kier molecular flexibility index (Phi) is 4.84. The standard InChI is InChI=1S/C14H16ClNO4/c15-10-3-1-4-11(9-10)20-8-6-13(17)16-7-2-5-12(16)14(18)19/h1,3-4,9,12H,2,5-8H2,(H,18,19)/t12-/m1/s1. The molecule has 2 rings (SSSR count). The molecule has 108 valence electrons. The molecule has 1 fully saturated rings. The van der Waals surface area contributed by atoms with Gasteiger partial charge in [-0.1, -0.05) is 17.7 Å². The van der Waals surface area contributed by atoms with Gasteiger partial charge in [-0.15, -0.1) is 0 Å². The normalized spacial score (nSPS) is 18.1. The fourth-order valence-electron chi connectivity index (χ4n) is 2.28. The Morgan fingerprint density at radius 3 is 2.95 bits per heavy atom. The van der Waals surface area contributed by atoms with Gasteiger partial charge >= 0.3 is 5.97 Å². The van der Waals surface area contributed by atoms with E-state index in [-0.39, 0.29) is 18.9 Å². The van der Waals surface area contributed by atoms with Crippen molar-refractivity contribution in [2.75, 3.05) is 13.2 Å². The third-order valence-corrected chi connectivity index (χ3v) is 3.47. The van der Waals surface area contributed by atoms with Gasteiger partial charge in [-0.3, -0.25) is 4.79 Å². The highest BCUT2D eigenvalue weighted by atomic mass is 35.5.